The molecule has 0 saturated heterocycles. The first-order valence-electron chi connectivity index (χ1n) is 6.55. The summed E-state index contributed by atoms with van der Waals surface area (Å²) >= 11 is 3.06. The third-order valence-electron chi connectivity index (χ3n) is 2.60. The first-order chi connectivity index (χ1) is 9.79. The van der Waals surface area contributed by atoms with E-state index in [0.717, 1.165) is 26.1 Å². The third-order valence-corrected chi connectivity index (χ3v) is 4.66. The van der Waals surface area contributed by atoms with Crippen LogP contribution in [0.5, 0.6) is 0 Å². The van der Waals surface area contributed by atoms with Crippen LogP contribution in [0.3, 0.4) is 0 Å². The van der Waals surface area contributed by atoms with Crippen molar-refractivity contribution in [1.82, 2.24) is 20.2 Å². The fourth-order valence-electron chi connectivity index (χ4n) is 1.45. The highest BCUT2D eigenvalue weighted by atomic mass is 32.2. The van der Waals surface area contributed by atoms with Crippen LogP contribution in [-0.2, 0) is 5.41 Å². The van der Waals surface area contributed by atoms with E-state index in [1.807, 2.05) is 32.1 Å². The van der Waals surface area contributed by atoms with Crippen LogP contribution < -0.4 is 10.2 Å². The maximum absolute atomic E-state index is 4.64. The van der Waals surface area contributed by atoms with E-state index in [9.17, 15) is 0 Å². The number of nitrogens with one attached hydrogen (secondary N) is 1. The first kappa shape index (κ1) is 16.0. The average molecular weight is 324 g/mol. The molecule has 0 bridgehead atoms. The fourth-order valence-corrected chi connectivity index (χ4v) is 3.17. The van der Waals surface area contributed by atoms with Gasteiger partial charge in [-0.15, -0.1) is 10.2 Å². The zero-order valence-corrected chi connectivity index (χ0v) is 14.8. The summed E-state index contributed by atoms with van der Waals surface area (Å²) in [4.78, 5) is 11.1. The van der Waals surface area contributed by atoms with E-state index >= 15 is 0 Å². The SMILES string of the molecule is CNc1cc(Sc2nnc(N(C)C)s2)nc(C(C)(C)C)n1. The minimum Gasteiger partial charge on any atom is -0.373 e. The zero-order valence-electron chi connectivity index (χ0n) is 13.1. The van der Waals surface area contributed by atoms with Crippen molar-refractivity contribution in [1.29, 1.82) is 0 Å². The molecule has 6 nitrogen and oxygen atoms in total. The van der Waals surface area contributed by atoms with Crippen molar-refractivity contribution in [2.45, 2.75) is 35.6 Å². The van der Waals surface area contributed by atoms with Crippen LogP contribution in [0.15, 0.2) is 15.4 Å². The molecule has 0 unspecified atom stereocenters. The highest BCUT2D eigenvalue weighted by molar-refractivity contribution is 8.01. The predicted octanol–water partition coefficient (Wildman–Crippen LogP) is 2.88. The Morgan fingerprint density at radius 3 is 2.43 bits per heavy atom. The zero-order chi connectivity index (χ0) is 15.6. The van der Waals surface area contributed by atoms with Gasteiger partial charge in [-0.2, -0.15) is 0 Å². The second-order valence-corrected chi connectivity index (χ2v) is 7.99. The number of hydrogen-bond acceptors (Lipinski definition) is 8. The molecule has 0 spiro atoms. The lowest BCUT2D eigenvalue weighted by molar-refractivity contribution is 0.539. The normalized spacial score (nSPS) is 11.5. The second kappa shape index (κ2) is 6.15. The molecule has 0 atom stereocenters. The predicted molar refractivity (Wildman–Crippen MR) is 88.6 cm³/mol. The van der Waals surface area contributed by atoms with E-state index in [1.54, 1.807) is 11.3 Å². The monoisotopic (exact) mass is 324 g/mol. The highest BCUT2D eigenvalue weighted by Gasteiger charge is 2.20. The van der Waals surface area contributed by atoms with Gasteiger partial charge in [0.1, 0.15) is 16.7 Å². The molecule has 0 aromatic carbocycles. The van der Waals surface area contributed by atoms with Crippen molar-refractivity contribution < 1.29 is 0 Å². The lowest BCUT2D eigenvalue weighted by Gasteiger charge is -2.18. The summed E-state index contributed by atoms with van der Waals surface area (Å²) in [6.07, 6.45) is 0. The van der Waals surface area contributed by atoms with Gasteiger partial charge in [0.05, 0.1) is 0 Å². The van der Waals surface area contributed by atoms with Crippen LogP contribution in [0.4, 0.5) is 10.9 Å². The molecule has 2 aromatic heterocycles. The van der Waals surface area contributed by atoms with Crippen LogP contribution in [0.2, 0.25) is 0 Å². The number of nitrogens with zero attached hydrogens (tertiary/aromatic N) is 5. The molecule has 0 saturated carbocycles. The lowest BCUT2D eigenvalue weighted by atomic mass is 9.96. The number of anilines is 2. The molecule has 0 radical (unpaired) electrons. The Kier molecular flexibility index (Phi) is 4.67. The van der Waals surface area contributed by atoms with Gasteiger partial charge in [-0.1, -0.05) is 32.1 Å². The Balaban J connectivity index is 2.30. The molecule has 0 fully saturated rings. The minimum atomic E-state index is -0.0991. The van der Waals surface area contributed by atoms with Gasteiger partial charge in [-0.05, 0) is 11.8 Å². The third kappa shape index (κ3) is 4.04. The van der Waals surface area contributed by atoms with Crippen LogP contribution in [0.1, 0.15) is 26.6 Å². The van der Waals surface area contributed by atoms with Crippen LogP contribution in [0, 0.1) is 0 Å². The Morgan fingerprint density at radius 1 is 1.19 bits per heavy atom. The Hall–Kier alpha value is -1.41. The van der Waals surface area contributed by atoms with Crippen molar-refractivity contribution in [3.63, 3.8) is 0 Å². The van der Waals surface area contributed by atoms with E-state index in [4.69, 9.17) is 0 Å². The summed E-state index contributed by atoms with van der Waals surface area (Å²) < 4.78 is 0.874. The van der Waals surface area contributed by atoms with Crippen molar-refractivity contribution >= 4 is 34.0 Å². The van der Waals surface area contributed by atoms with Crippen LogP contribution in [0.25, 0.3) is 0 Å². The van der Waals surface area contributed by atoms with Crippen molar-refractivity contribution in [3.05, 3.63) is 11.9 Å². The summed E-state index contributed by atoms with van der Waals surface area (Å²) in [7, 11) is 5.77. The molecule has 114 valence electrons. The molecular formula is C13H20N6S2. The Bertz CT molecular complexity index is 617. The molecule has 0 aliphatic rings. The number of rotatable bonds is 4. The van der Waals surface area contributed by atoms with Crippen molar-refractivity contribution in [2.75, 3.05) is 31.4 Å². The topological polar surface area (TPSA) is 66.8 Å². The second-order valence-electron chi connectivity index (χ2n) is 5.76. The van der Waals surface area contributed by atoms with Gasteiger partial charge < -0.3 is 10.2 Å². The number of hydrogen-bond donors (Lipinski definition) is 1. The molecule has 21 heavy (non-hydrogen) atoms. The van der Waals surface area contributed by atoms with Crippen molar-refractivity contribution in [2.24, 2.45) is 0 Å². The molecule has 8 heteroatoms. The minimum absolute atomic E-state index is 0.0991. The van der Waals surface area contributed by atoms with E-state index in [0.29, 0.717) is 0 Å². The highest BCUT2D eigenvalue weighted by Crippen LogP contribution is 2.33. The van der Waals surface area contributed by atoms with Gasteiger partial charge in [-0.25, -0.2) is 9.97 Å². The summed E-state index contributed by atoms with van der Waals surface area (Å²) in [6, 6.07) is 1.93. The maximum atomic E-state index is 4.64. The Labute approximate surface area is 133 Å². The summed E-state index contributed by atoms with van der Waals surface area (Å²) in [5.74, 6) is 1.63. The van der Waals surface area contributed by atoms with Crippen LogP contribution >= 0.6 is 23.1 Å². The Morgan fingerprint density at radius 2 is 1.90 bits per heavy atom. The van der Waals surface area contributed by atoms with Crippen molar-refractivity contribution in [3.8, 4) is 0 Å². The average Bonchev–Trinajstić information content (AvgIpc) is 2.86. The number of aromatic nitrogens is 4. The van der Waals surface area contributed by atoms with Gasteiger partial charge in [-0.3, -0.25) is 0 Å². The van der Waals surface area contributed by atoms with E-state index < -0.39 is 0 Å². The van der Waals surface area contributed by atoms with Gasteiger partial charge >= 0.3 is 0 Å². The van der Waals surface area contributed by atoms with Crippen LogP contribution in [-0.4, -0.2) is 41.3 Å². The summed E-state index contributed by atoms with van der Waals surface area (Å²) in [6.45, 7) is 6.31. The van der Waals surface area contributed by atoms with E-state index in [2.05, 4.69) is 46.3 Å². The molecule has 2 heterocycles. The molecule has 0 aliphatic heterocycles. The smallest absolute Gasteiger partial charge is 0.208 e. The van der Waals surface area contributed by atoms with E-state index in [1.165, 1.54) is 11.8 Å². The van der Waals surface area contributed by atoms with Gasteiger partial charge in [0.15, 0.2) is 4.34 Å². The fraction of sp³-hybridized carbons (Fsp3) is 0.538. The first-order valence-corrected chi connectivity index (χ1v) is 8.19. The largest absolute Gasteiger partial charge is 0.373 e. The quantitative estimate of drug-likeness (QED) is 0.867. The molecule has 1 N–H and O–H groups in total. The lowest BCUT2D eigenvalue weighted by Crippen LogP contribution is -2.17. The maximum Gasteiger partial charge on any atom is 0.208 e. The molecule has 0 aliphatic carbocycles. The van der Waals surface area contributed by atoms with E-state index in [-0.39, 0.29) is 5.41 Å². The standard InChI is InChI=1S/C13H20N6S2/c1-13(2,3)10-15-8(14-4)7-9(16-10)20-12-18-17-11(21-12)19(5)6/h7H,1-6H3,(H,14,15,16). The molecule has 2 aromatic rings. The molecule has 2 rings (SSSR count). The van der Waals surface area contributed by atoms with Gasteiger partial charge in [0.25, 0.3) is 0 Å². The summed E-state index contributed by atoms with van der Waals surface area (Å²) in [5.41, 5.74) is -0.0991. The molecular weight excluding hydrogens is 304 g/mol. The van der Waals surface area contributed by atoms with Gasteiger partial charge in [0, 0.05) is 32.6 Å². The molecule has 0 amide bonds. The summed E-state index contributed by atoms with van der Waals surface area (Å²) in [5, 5.41) is 13.2. The van der Waals surface area contributed by atoms with Gasteiger partial charge in [0.2, 0.25) is 5.13 Å².